The lowest BCUT2D eigenvalue weighted by molar-refractivity contribution is -0.139. The third kappa shape index (κ3) is 4.69. The second-order valence-electron chi connectivity index (χ2n) is 8.37. The summed E-state index contributed by atoms with van der Waals surface area (Å²) in [6, 6.07) is 5.49. The molecular formula is C22H32N2O3. The quantitative estimate of drug-likeness (QED) is 0.658. The van der Waals surface area contributed by atoms with Crippen molar-refractivity contribution in [2.24, 2.45) is 11.8 Å². The highest BCUT2D eigenvalue weighted by atomic mass is 16.2. The third-order valence-electron chi connectivity index (χ3n) is 6.14. The van der Waals surface area contributed by atoms with E-state index >= 15 is 0 Å². The molecule has 1 aromatic heterocycles. The van der Waals surface area contributed by atoms with Gasteiger partial charge in [0.15, 0.2) is 0 Å². The van der Waals surface area contributed by atoms with Gasteiger partial charge >= 0.3 is 0 Å². The molecule has 0 N–H and O–H groups in total. The molecule has 1 saturated heterocycles. The highest BCUT2D eigenvalue weighted by Crippen LogP contribution is 2.36. The van der Waals surface area contributed by atoms with Crippen molar-refractivity contribution in [1.29, 1.82) is 0 Å². The largest absolute Gasteiger partial charge is 0.341 e. The molecule has 0 saturated carbocycles. The van der Waals surface area contributed by atoms with Gasteiger partial charge in [0, 0.05) is 49.7 Å². The van der Waals surface area contributed by atoms with Crippen LogP contribution in [0, 0.1) is 11.8 Å². The van der Waals surface area contributed by atoms with Crippen molar-refractivity contribution in [2.45, 2.75) is 71.3 Å². The fourth-order valence-electron chi connectivity index (χ4n) is 4.74. The normalized spacial score (nSPS) is 22.2. The first-order chi connectivity index (χ1) is 13.0. The second kappa shape index (κ2) is 8.85. The van der Waals surface area contributed by atoms with E-state index in [9.17, 15) is 14.4 Å². The van der Waals surface area contributed by atoms with Crippen molar-refractivity contribution in [3.05, 3.63) is 34.2 Å². The highest BCUT2D eigenvalue weighted by Gasteiger charge is 2.37. The van der Waals surface area contributed by atoms with Crippen LogP contribution in [0.25, 0.3) is 0 Å². The Morgan fingerprint density at radius 3 is 2.70 bits per heavy atom. The topological polar surface area (TPSA) is 59.4 Å². The number of ketones is 1. The maximum absolute atomic E-state index is 13.3. The minimum atomic E-state index is -0.0442. The number of hydrogen-bond donors (Lipinski definition) is 0. The fourth-order valence-corrected chi connectivity index (χ4v) is 4.74. The summed E-state index contributed by atoms with van der Waals surface area (Å²) in [5.74, 6) is 0.932. The van der Waals surface area contributed by atoms with Gasteiger partial charge in [-0.25, -0.2) is 0 Å². The zero-order chi connectivity index (χ0) is 19.4. The number of likely N-dealkylation sites (tertiary alicyclic amines) is 1. The van der Waals surface area contributed by atoms with Gasteiger partial charge in [-0.3, -0.25) is 9.59 Å². The van der Waals surface area contributed by atoms with Crippen LogP contribution >= 0.6 is 0 Å². The Balaban J connectivity index is 1.72. The zero-order valence-electron chi connectivity index (χ0n) is 16.7. The first-order valence-corrected chi connectivity index (χ1v) is 10.5. The van der Waals surface area contributed by atoms with Gasteiger partial charge in [0.05, 0.1) is 0 Å². The molecule has 3 atom stereocenters. The van der Waals surface area contributed by atoms with Gasteiger partial charge in [-0.15, -0.1) is 0 Å². The van der Waals surface area contributed by atoms with E-state index in [1.165, 1.54) is 0 Å². The number of pyridine rings is 1. The van der Waals surface area contributed by atoms with Crippen molar-refractivity contribution >= 4 is 11.7 Å². The molecule has 0 radical (unpaired) electrons. The van der Waals surface area contributed by atoms with E-state index in [1.807, 2.05) is 21.6 Å². The third-order valence-corrected chi connectivity index (χ3v) is 6.14. The standard InChI is InChI=1S/C22H32N2O3/c1-3-4-5-7-18(11-10-16(2)25)22(27)23-13-17-12-19(15-23)20-8-6-9-21(26)24(20)14-17/h6,8-9,17-19H,3-5,7,10-15H2,1-2H3/t17-,18?,19+/m0/s1. The van der Waals surface area contributed by atoms with Crippen LogP contribution in [0.2, 0.25) is 0 Å². The molecule has 5 heteroatoms. The Morgan fingerprint density at radius 2 is 1.96 bits per heavy atom. The van der Waals surface area contributed by atoms with Gasteiger partial charge in [-0.05, 0) is 38.2 Å². The average molecular weight is 373 g/mol. The number of fused-ring (bicyclic) bond motifs is 4. The summed E-state index contributed by atoms with van der Waals surface area (Å²) >= 11 is 0. The molecule has 1 fully saturated rings. The molecule has 1 unspecified atom stereocenters. The molecule has 2 bridgehead atoms. The number of carbonyl (C=O) groups is 2. The summed E-state index contributed by atoms with van der Waals surface area (Å²) in [5.41, 5.74) is 1.14. The number of hydrogen-bond acceptors (Lipinski definition) is 3. The SMILES string of the molecule is CCCCCC(CCC(C)=O)C(=O)N1C[C@@H]2C[C@H](C1)c1cccc(=O)n1C2. The lowest BCUT2D eigenvalue weighted by Crippen LogP contribution is -2.50. The number of aromatic nitrogens is 1. The Hall–Kier alpha value is -1.91. The molecule has 3 heterocycles. The minimum Gasteiger partial charge on any atom is -0.341 e. The molecule has 0 aromatic carbocycles. The van der Waals surface area contributed by atoms with Crippen molar-refractivity contribution in [1.82, 2.24) is 9.47 Å². The van der Waals surface area contributed by atoms with Gasteiger partial charge in [-0.2, -0.15) is 0 Å². The van der Waals surface area contributed by atoms with Gasteiger partial charge in [0.2, 0.25) is 5.91 Å². The molecule has 3 rings (SSSR count). The molecule has 2 aliphatic rings. The van der Waals surface area contributed by atoms with Crippen LogP contribution in [0.3, 0.4) is 0 Å². The van der Waals surface area contributed by atoms with E-state index in [2.05, 4.69) is 6.92 Å². The van der Waals surface area contributed by atoms with Crippen LogP contribution in [0.4, 0.5) is 0 Å². The molecule has 148 valence electrons. The van der Waals surface area contributed by atoms with E-state index in [0.717, 1.165) is 44.3 Å². The predicted octanol–water partition coefficient (Wildman–Crippen LogP) is 3.36. The van der Waals surface area contributed by atoms with Crippen LogP contribution in [0.5, 0.6) is 0 Å². The molecule has 5 nitrogen and oxygen atoms in total. The van der Waals surface area contributed by atoms with E-state index in [-0.39, 0.29) is 29.1 Å². The highest BCUT2D eigenvalue weighted by molar-refractivity contribution is 5.81. The van der Waals surface area contributed by atoms with Gasteiger partial charge in [-0.1, -0.05) is 32.3 Å². The van der Waals surface area contributed by atoms with Crippen molar-refractivity contribution < 1.29 is 9.59 Å². The van der Waals surface area contributed by atoms with E-state index in [0.29, 0.717) is 31.8 Å². The number of nitrogens with zero attached hydrogens (tertiary/aromatic N) is 2. The van der Waals surface area contributed by atoms with Crippen molar-refractivity contribution in [2.75, 3.05) is 13.1 Å². The molecular weight excluding hydrogens is 340 g/mol. The zero-order valence-corrected chi connectivity index (χ0v) is 16.7. The number of rotatable bonds is 8. The summed E-state index contributed by atoms with van der Waals surface area (Å²) in [7, 11) is 0. The van der Waals surface area contributed by atoms with Crippen molar-refractivity contribution in [3.8, 4) is 0 Å². The predicted molar refractivity (Wildman–Crippen MR) is 106 cm³/mol. The average Bonchev–Trinajstić information content (AvgIpc) is 2.64. The fraction of sp³-hybridized carbons (Fsp3) is 0.682. The van der Waals surface area contributed by atoms with Crippen LogP contribution in [-0.4, -0.2) is 34.2 Å². The molecule has 27 heavy (non-hydrogen) atoms. The monoisotopic (exact) mass is 372 g/mol. The summed E-state index contributed by atoms with van der Waals surface area (Å²) in [6.07, 6.45) is 6.40. The van der Waals surface area contributed by atoms with E-state index in [4.69, 9.17) is 0 Å². The number of piperidine rings is 1. The smallest absolute Gasteiger partial charge is 0.250 e. The lowest BCUT2D eigenvalue weighted by Gasteiger charge is -2.43. The van der Waals surface area contributed by atoms with Crippen LogP contribution < -0.4 is 5.56 Å². The summed E-state index contributed by atoms with van der Waals surface area (Å²) in [5, 5.41) is 0. The maximum atomic E-state index is 13.3. The minimum absolute atomic E-state index is 0.0442. The number of unbranched alkanes of at least 4 members (excludes halogenated alkanes) is 2. The Kier molecular flexibility index (Phi) is 6.51. The Bertz CT molecular complexity index is 739. The van der Waals surface area contributed by atoms with Crippen LogP contribution in [0.1, 0.15) is 70.4 Å². The Labute approximate surface area is 161 Å². The molecule has 0 spiro atoms. The molecule has 1 aromatic rings. The van der Waals surface area contributed by atoms with Crippen molar-refractivity contribution in [3.63, 3.8) is 0 Å². The number of carbonyl (C=O) groups excluding carboxylic acids is 2. The Morgan fingerprint density at radius 1 is 1.15 bits per heavy atom. The molecule has 1 amide bonds. The molecule has 2 aliphatic heterocycles. The van der Waals surface area contributed by atoms with Crippen LogP contribution in [0.15, 0.2) is 23.0 Å². The molecule has 0 aliphatic carbocycles. The van der Waals surface area contributed by atoms with E-state index in [1.54, 1.807) is 13.0 Å². The number of Topliss-reactive ketones (excluding diaryl/α,β-unsaturated/α-hetero) is 1. The first-order valence-electron chi connectivity index (χ1n) is 10.5. The summed E-state index contributed by atoms with van der Waals surface area (Å²) in [4.78, 5) is 38.9. The van der Waals surface area contributed by atoms with E-state index < -0.39 is 0 Å². The first kappa shape index (κ1) is 19.8. The maximum Gasteiger partial charge on any atom is 0.250 e. The summed E-state index contributed by atoms with van der Waals surface area (Å²) < 4.78 is 1.90. The van der Waals surface area contributed by atoms with Gasteiger partial charge in [0.1, 0.15) is 5.78 Å². The number of amides is 1. The van der Waals surface area contributed by atoms with Crippen LogP contribution in [-0.2, 0) is 16.1 Å². The van der Waals surface area contributed by atoms with Gasteiger partial charge in [0.25, 0.3) is 5.56 Å². The van der Waals surface area contributed by atoms with Gasteiger partial charge < -0.3 is 14.3 Å². The summed E-state index contributed by atoms with van der Waals surface area (Å²) in [6.45, 7) is 5.91. The lowest BCUT2D eigenvalue weighted by atomic mass is 9.82. The second-order valence-corrected chi connectivity index (χ2v) is 8.37.